The summed E-state index contributed by atoms with van der Waals surface area (Å²) in [6.07, 6.45) is 0. The standard InChI is InChI=1S/C15H24ClNO/c1-11(2)8-17(9-12(3)4)10-13-14(16)6-5-7-15(13)18/h5-7,11-12,18H,8-10H2,1-4H3. The smallest absolute Gasteiger partial charge is 0.121 e. The van der Waals surface area contributed by atoms with Gasteiger partial charge in [-0.05, 0) is 24.0 Å². The first-order valence-corrected chi connectivity index (χ1v) is 6.96. The Balaban J connectivity index is 2.81. The molecule has 1 rings (SSSR count). The maximum Gasteiger partial charge on any atom is 0.121 e. The van der Waals surface area contributed by atoms with E-state index >= 15 is 0 Å². The van der Waals surface area contributed by atoms with E-state index in [4.69, 9.17) is 11.6 Å². The number of aromatic hydroxyl groups is 1. The highest BCUT2D eigenvalue weighted by molar-refractivity contribution is 6.31. The number of benzene rings is 1. The SMILES string of the molecule is CC(C)CN(Cc1c(O)cccc1Cl)CC(C)C. The Hall–Kier alpha value is -0.730. The van der Waals surface area contributed by atoms with Crippen LogP contribution in [0.15, 0.2) is 18.2 Å². The Morgan fingerprint density at radius 2 is 1.67 bits per heavy atom. The molecule has 0 spiro atoms. The Kier molecular flexibility index (Phi) is 5.97. The summed E-state index contributed by atoms with van der Waals surface area (Å²) < 4.78 is 0. The van der Waals surface area contributed by atoms with Crippen molar-refractivity contribution >= 4 is 11.6 Å². The van der Waals surface area contributed by atoms with E-state index in [0.29, 0.717) is 29.2 Å². The number of nitrogens with zero attached hydrogens (tertiary/aromatic N) is 1. The zero-order valence-electron chi connectivity index (χ0n) is 11.8. The van der Waals surface area contributed by atoms with Crippen LogP contribution in [-0.4, -0.2) is 23.1 Å². The molecule has 0 atom stereocenters. The molecule has 1 aromatic carbocycles. The molecule has 0 amide bonds. The maximum atomic E-state index is 9.90. The molecule has 18 heavy (non-hydrogen) atoms. The predicted octanol–water partition coefficient (Wildman–Crippen LogP) is 4.16. The van der Waals surface area contributed by atoms with Gasteiger partial charge in [-0.25, -0.2) is 0 Å². The maximum absolute atomic E-state index is 9.90. The van der Waals surface area contributed by atoms with E-state index in [-0.39, 0.29) is 0 Å². The number of rotatable bonds is 6. The van der Waals surface area contributed by atoms with Crippen molar-refractivity contribution in [1.29, 1.82) is 0 Å². The van der Waals surface area contributed by atoms with E-state index in [9.17, 15) is 5.11 Å². The highest BCUT2D eigenvalue weighted by Gasteiger charge is 2.14. The third-order valence-electron chi connectivity index (χ3n) is 2.72. The average Bonchev–Trinajstić information content (AvgIpc) is 2.21. The van der Waals surface area contributed by atoms with Gasteiger partial charge < -0.3 is 5.11 Å². The minimum atomic E-state index is 0.292. The lowest BCUT2D eigenvalue weighted by Crippen LogP contribution is -2.31. The van der Waals surface area contributed by atoms with Crippen LogP contribution in [0, 0.1) is 11.8 Å². The molecule has 0 saturated carbocycles. The summed E-state index contributed by atoms with van der Waals surface area (Å²) in [6, 6.07) is 5.31. The van der Waals surface area contributed by atoms with Gasteiger partial charge in [0.15, 0.2) is 0 Å². The van der Waals surface area contributed by atoms with E-state index in [1.807, 2.05) is 6.07 Å². The topological polar surface area (TPSA) is 23.5 Å². The van der Waals surface area contributed by atoms with Crippen LogP contribution in [0.1, 0.15) is 33.3 Å². The van der Waals surface area contributed by atoms with Gasteiger partial charge in [0, 0.05) is 30.2 Å². The van der Waals surface area contributed by atoms with Crippen molar-refractivity contribution < 1.29 is 5.11 Å². The van der Waals surface area contributed by atoms with Crippen LogP contribution < -0.4 is 0 Å². The Labute approximate surface area is 116 Å². The lowest BCUT2D eigenvalue weighted by atomic mass is 10.1. The molecule has 1 N–H and O–H groups in total. The van der Waals surface area contributed by atoms with Crippen LogP contribution >= 0.6 is 11.6 Å². The molecule has 0 bridgehead atoms. The first kappa shape index (κ1) is 15.3. The van der Waals surface area contributed by atoms with Crippen molar-refractivity contribution in [3.63, 3.8) is 0 Å². The quantitative estimate of drug-likeness (QED) is 0.838. The fourth-order valence-electron chi connectivity index (χ4n) is 2.16. The van der Waals surface area contributed by atoms with Gasteiger partial charge in [-0.1, -0.05) is 45.4 Å². The van der Waals surface area contributed by atoms with E-state index in [2.05, 4.69) is 32.6 Å². The van der Waals surface area contributed by atoms with Crippen molar-refractivity contribution in [1.82, 2.24) is 4.90 Å². The molecule has 2 nitrogen and oxygen atoms in total. The molecule has 0 aliphatic carbocycles. The first-order chi connectivity index (χ1) is 8.40. The average molecular weight is 270 g/mol. The van der Waals surface area contributed by atoms with Crippen molar-refractivity contribution in [2.45, 2.75) is 34.2 Å². The molecule has 0 aromatic heterocycles. The normalized spacial score (nSPS) is 11.8. The Morgan fingerprint density at radius 3 is 2.11 bits per heavy atom. The highest BCUT2D eigenvalue weighted by atomic mass is 35.5. The third kappa shape index (κ3) is 4.87. The summed E-state index contributed by atoms with van der Waals surface area (Å²) in [5.41, 5.74) is 0.834. The second-order valence-electron chi connectivity index (χ2n) is 5.72. The van der Waals surface area contributed by atoms with Gasteiger partial charge in [-0.15, -0.1) is 0 Å². The summed E-state index contributed by atoms with van der Waals surface area (Å²) >= 11 is 6.16. The predicted molar refractivity (Wildman–Crippen MR) is 78.1 cm³/mol. The number of hydrogen-bond acceptors (Lipinski definition) is 2. The lowest BCUT2D eigenvalue weighted by molar-refractivity contribution is 0.209. The van der Waals surface area contributed by atoms with Crippen molar-refractivity contribution in [3.8, 4) is 5.75 Å². The van der Waals surface area contributed by atoms with Crippen LogP contribution in [0.4, 0.5) is 0 Å². The number of halogens is 1. The summed E-state index contributed by atoms with van der Waals surface area (Å²) in [6.45, 7) is 11.6. The van der Waals surface area contributed by atoms with Gasteiger partial charge in [0.05, 0.1) is 0 Å². The Morgan fingerprint density at radius 1 is 1.11 bits per heavy atom. The molecule has 0 aliphatic heterocycles. The van der Waals surface area contributed by atoms with Crippen LogP contribution in [0.2, 0.25) is 5.02 Å². The molecule has 1 aromatic rings. The van der Waals surface area contributed by atoms with Gasteiger partial charge in [0.2, 0.25) is 0 Å². The minimum absolute atomic E-state index is 0.292. The van der Waals surface area contributed by atoms with E-state index in [1.165, 1.54) is 0 Å². The second kappa shape index (κ2) is 7.01. The van der Waals surface area contributed by atoms with Gasteiger partial charge >= 0.3 is 0 Å². The van der Waals surface area contributed by atoms with E-state index < -0.39 is 0 Å². The van der Waals surface area contributed by atoms with Crippen LogP contribution in [-0.2, 0) is 6.54 Å². The van der Waals surface area contributed by atoms with Gasteiger partial charge in [0.1, 0.15) is 5.75 Å². The number of hydrogen-bond donors (Lipinski definition) is 1. The fraction of sp³-hybridized carbons (Fsp3) is 0.600. The minimum Gasteiger partial charge on any atom is -0.508 e. The molecular weight excluding hydrogens is 246 g/mol. The summed E-state index contributed by atoms with van der Waals surface area (Å²) in [5, 5.41) is 10.5. The molecule has 102 valence electrons. The summed E-state index contributed by atoms with van der Waals surface area (Å²) in [5.74, 6) is 1.50. The molecule has 0 unspecified atom stereocenters. The second-order valence-corrected chi connectivity index (χ2v) is 6.13. The molecule has 0 heterocycles. The van der Waals surface area contributed by atoms with Gasteiger partial charge in [-0.3, -0.25) is 4.90 Å². The van der Waals surface area contributed by atoms with Gasteiger partial charge in [-0.2, -0.15) is 0 Å². The van der Waals surface area contributed by atoms with E-state index in [0.717, 1.165) is 18.7 Å². The van der Waals surface area contributed by atoms with Crippen molar-refractivity contribution in [2.24, 2.45) is 11.8 Å². The Bertz CT molecular complexity index is 347. The molecular formula is C15H24ClNO. The van der Waals surface area contributed by atoms with E-state index in [1.54, 1.807) is 12.1 Å². The zero-order valence-corrected chi connectivity index (χ0v) is 12.5. The molecule has 0 saturated heterocycles. The highest BCUT2D eigenvalue weighted by Crippen LogP contribution is 2.27. The zero-order chi connectivity index (χ0) is 13.7. The van der Waals surface area contributed by atoms with Crippen molar-refractivity contribution in [3.05, 3.63) is 28.8 Å². The number of phenols is 1. The first-order valence-electron chi connectivity index (χ1n) is 6.58. The van der Waals surface area contributed by atoms with Crippen LogP contribution in [0.3, 0.4) is 0 Å². The largest absolute Gasteiger partial charge is 0.508 e. The third-order valence-corrected chi connectivity index (χ3v) is 3.08. The summed E-state index contributed by atoms with van der Waals surface area (Å²) in [7, 11) is 0. The molecule has 0 radical (unpaired) electrons. The van der Waals surface area contributed by atoms with Crippen molar-refractivity contribution in [2.75, 3.05) is 13.1 Å². The fourth-order valence-corrected chi connectivity index (χ4v) is 2.39. The van der Waals surface area contributed by atoms with Crippen LogP contribution in [0.25, 0.3) is 0 Å². The summed E-state index contributed by atoms with van der Waals surface area (Å²) in [4.78, 5) is 2.36. The van der Waals surface area contributed by atoms with Crippen LogP contribution in [0.5, 0.6) is 5.75 Å². The monoisotopic (exact) mass is 269 g/mol. The van der Waals surface area contributed by atoms with Gasteiger partial charge in [0.25, 0.3) is 0 Å². The molecule has 0 aliphatic rings. The lowest BCUT2D eigenvalue weighted by Gasteiger charge is -2.26. The molecule has 0 fully saturated rings. The molecule has 3 heteroatoms. The number of phenolic OH excluding ortho intramolecular Hbond substituents is 1.